The van der Waals surface area contributed by atoms with Crippen LogP contribution in [0.15, 0.2) is 23.1 Å². The summed E-state index contributed by atoms with van der Waals surface area (Å²) in [6, 6.07) is 0.129. The molecule has 1 heterocycles. The second-order valence-corrected chi connectivity index (χ2v) is 5.22. The number of hydrogen-bond acceptors (Lipinski definition) is 5. The number of carbonyl (C=O) groups is 2. The first-order chi connectivity index (χ1) is 10.1. The van der Waals surface area contributed by atoms with Gasteiger partial charge in [0, 0.05) is 24.7 Å². The van der Waals surface area contributed by atoms with Gasteiger partial charge >= 0.3 is 0 Å². The minimum atomic E-state index is -0.405. The van der Waals surface area contributed by atoms with Gasteiger partial charge in [0.05, 0.1) is 12.1 Å². The van der Waals surface area contributed by atoms with Crippen LogP contribution in [0.5, 0.6) is 0 Å². The average molecular weight is 315 g/mol. The van der Waals surface area contributed by atoms with Crippen molar-refractivity contribution < 1.29 is 13.9 Å². The molecule has 0 bridgehead atoms. The predicted octanol–water partition coefficient (Wildman–Crippen LogP) is -0.358. The Kier molecular flexibility index (Phi) is 5.46. The second kappa shape index (κ2) is 7.33. The van der Waals surface area contributed by atoms with E-state index in [1.807, 2.05) is 0 Å². The first kappa shape index (κ1) is 15.7. The van der Waals surface area contributed by atoms with Crippen molar-refractivity contribution in [1.29, 1.82) is 0 Å². The minimum absolute atomic E-state index is 0.0863. The molecule has 0 aromatic heterocycles. The molecule has 0 spiro atoms. The van der Waals surface area contributed by atoms with Crippen molar-refractivity contribution in [2.45, 2.75) is 25.3 Å². The molecule has 2 amide bonds. The molecule has 1 aliphatic carbocycles. The van der Waals surface area contributed by atoms with Gasteiger partial charge < -0.3 is 26.0 Å². The Morgan fingerprint density at radius 3 is 2.95 bits per heavy atom. The highest BCUT2D eigenvalue weighted by molar-refractivity contribution is 6.08. The van der Waals surface area contributed by atoms with E-state index in [2.05, 4.69) is 20.2 Å². The van der Waals surface area contributed by atoms with Crippen molar-refractivity contribution in [3.63, 3.8) is 0 Å². The molecule has 7 nitrogen and oxygen atoms in total. The van der Waals surface area contributed by atoms with Crippen LogP contribution in [-0.4, -0.2) is 37.5 Å². The van der Waals surface area contributed by atoms with Gasteiger partial charge in [0.25, 0.3) is 5.91 Å². The zero-order chi connectivity index (χ0) is 15.2. The van der Waals surface area contributed by atoms with E-state index < -0.39 is 5.91 Å². The molecule has 1 unspecified atom stereocenters. The number of nitrogens with two attached hydrogens (primary N) is 1. The van der Waals surface area contributed by atoms with Crippen molar-refractivity contribution in [3.8, 4) is 0 Å². The van der Waals surface area contributed by atoms with Crippen molar-refractivity contribution in [2.75, 3.05) is 19.6 Å². The van der Waals surface area contributed by atoms with Gasteiger partial charge in [-0.3, -0.25) is 9.59 Å². The molecule has 5 N–H and O–H groups in total. The third-order valence-corrected chi connectivity index (χ3v) is 3.67. The summed E-state index contributed by atoms with van der Waals surface area (Å²) in [6.07, 6.45) is 3.46. The van der Waals surface area contributed by atoms with Crippen molar-refractivity contribution in [2.24, 2.45) is 5.73 Å². The Bertz CT molecular complexity index is 484. The molecule has 2 rings (SSSR count). The maximum atomic E-state index is 12.0. The lowest BCUT2D eigenvalue weighted by Gasteiger charge is -2.16. The van der Waals surface area contributed by atoms with Gasteiger partial charge in [0.1, 0.15) is 17.6 Å². The first-order valence-corrected chi connectivity index (χ1v) is 7.17. The van der Waals surface area contributed by atoms with Crippen LogP contribution >= 0.6 is 11.9 Å². The van der Waals surface area contributed by atoms with E-state index in [4.69, 9.17) is 17.6 Å². The smallest absolute Gasteiger partial charge is 0.253 e. The number of hydrogen-bond donors (Lipinski definition) is 4. The lowest BCUT2D eigenvalue weighted by atomic mass is 10.0. The van der Waals surface area contributed by atoms with Gasteiger partial charge in [0.2, 0.25) is 5.91 Å². The Morgan fingerprint density at radius 1 is 1.48 bits per heavy atom. The maximum absolute atomic E-state index is 12.0. The molecule has 0 aromatic carbocycles. The van der Waals surface area contributed by atoms with Crippen LogP contribution in [-0.2, 0) is 13.9 Å². The third kappa shape index (κ3) is 4.37. The summed E-state index contributed by atoms with van der Waals surface area (Å²) in [5.41, 5.74) is 6.56. The molecule has 0 radical (unpaired) electrons. The molecular formula is C13H19ClN4O3. The molecule has 116 valence electrons. The highest BCUT2D eigenvalue weighted by atomic mass is 35.5. The van der Waals surface area contributed by atoms with Gasteiger partial charge in [-0.25, -0.2) is 0 Å². The number of rotatable bonds is 5. The van der Waals surface area contributed by atoms with E-state index in [1.165, 1.54) is 6.08 Å². The van der Waals surface area contributed by atoms with Crippen LogP contribution in [0.2, 0.25) is 0 Å². The van der Waals surface area contributed by atoms with Crippen LogP contribution in [0.25, 0.3) is 0 Å². The van der Waals surface area contributed by atoms with Crippen molar-refractivity contribution in [3.05, 3.63) is 23.1 Å². The fourth-order valence-corrected chi connectivity index (χ4v) is 2.42. The Hall–Kier alpha value is -1.73. The zero-order valence-corrected chi connectivity index (χ0v) is 12.3. The Labute approximate surface area is 128 Å². The topological polar surface area (TPSA) is 105 Å². The molecule has 2 aliphatic rings. The fourth-order valence-electron chi connectivity index (χ4n) is 2.30. The van der Waals surface area contributed by atoms with Crippen molar-refractivity contribution in [1.82, 2.24) is 16.0 Å². The molecule has 0 aromatic rings. The fraction of sp³-hybridized carbons (Fsp3) is 0.538. The van der Waals surface area contributed by atoms with E-state index in [-0.39, 0.29) is 18.5 Å². The third-order valence-electron chi connectivity index (χ3n) is 3.47. The highest BCUT2D eigenvalue weighted by Gasteiger charge is 2.20. The van der Waals surface area contributed by atoms with Gasteiger partial charge in [-0.1, -0.05) is 0 Å². The largest absolute Gasteiger partial charge is 0.401 e. The summed E-state index contributed by atoms with van der Waals surface area (Å²) in [5.74, 6) is -0.138. The van der Waals surface area contributed by atoms with Gasteiger partial charge in [-0.05, 0) is 25.5 Å². The lowest BCUT2D eigenvalue weighted by molar-refractivity contribution is -0.124. The molecule has 1 saturated heterocycles. The molecule has 1 fully saturated rings. The van der Waals surface area contributed by atoms with E-state index in [1.54, 1.807) is 0 Å². The number of halogens is 1. The summed E-state index contributed by atoms with van der Waals surface area (Å²) in [5, 5.41) is 8.54. The lowest BCUT2D eigenvalue weighted by Crippen LogP contribution is -2.43. The standard InChI is InChI=1S/C13H19ClN4O3/c14-21-9-1-2-11(15)10(5-9)13(20)17-7-12(19)18-8-3-4-16-6-8/h5,8,16H,1-4,6-7,15H2,(H,17,20)(H,18,19). The molecule has 1 aliphatic heterocycles. The SMILES string of the molecule is NC1=C(C(=O)NCC(=O)NC2CCNC2)C=C(OCl)CC1. The summed E-state index contributed by atoms with van der Waals surface area (Å²) in [4.78, 5) is 23.8. The summed E-state index contributed by atoms with van der Waals surface area (Å²) < 4.78 is 4.61. The number of carbonyl (C=O) groups excluding carboxylic acids is 2. The molecule has 0 saturated carbocycles. The first-order valence-electron chi connectivity index (χ1n) is 6.86. The van der Waals surface area contributed by atoms with Crippen LogP contribution in [0.4, 0.5) is 0 Å². The van der Waals surface area contributed by atoms with Gasteiger partial charge in [-0.2, -0.15) is 0 Å². The molecule has 1 atom stereocenters. The average Bonchev–Trinajstić information content (AvgIpc) is 2.98. The molecular weight excluding hydrogens is 296 g/mol. The highest BCUT2D eigenvalue weighted by Crippen LogP contribution is 2.22. The van der Waals surface area contributed by atoms with Crippen LogP contribution in [0, 0.1) is 0 Å². The maximum Gasteiger partial charge on any atom is 0.253 e. The van der Waals surface area contributed by atoms with Crippen LogP contribution < -0.4 is 21.7 Å². The van der Waals surface area contributed by atoms with Crippen LogP contribution in [0.1, 0.15) is 19.3 Å². The predicted molar refractivity (Wildman–Crippen MR) is 77.9 cm³/mol. The van der Waals surface area contributed by atoms with Gasteiger partial charge in [0.15, 0.2) is 0 Å². The Balaban J connectivity index is 1.83. The summed E-state index contributed by atoms with van der Waals surface area (Å²) in [6.45, 7) is 1.57. The summed E-state index contributed by atoms with van der Waals surface area (Å²) >= 11 is 5.29. The number of amides is 2. The van der Waals surface area contributed by atoms with E-state index in [9.17, 15) is 9.59 Å². The van der Waals surface area contributed by atoms with Gasteiger partial charge in [-0.15, -0.1) is 0 Å². The quantitative estimate of drug-likeness (QED) is 0.555. The zero-order valence-electron chi connectivity index (χ0n) is 11.6. The molecule has 8 heteroatoms. The Morgan fingerprint density at radius 2 is 2.29 bits per heavy atom. The number of allylic oxidation sites excluding steroid dienone is 2. The normalized spacial score (nSPS) is 21.8. The monoisotopic (exact) mass is 314 g/mol. The van der Waals surface area contributed by atoms with Crippen molar-refractivity contribution >= 4 is 23.7 Å². The number of nitrogens with one attached hydrogen (secondary N) is 3. The molecule has 21 heavy (non-hydrogen) atoms. The summed E-state index contributed by atoms with van der Waals surface area (Å²) in [7, 11) is 0. The van der Waals surface area contributed by atoms with E-state index in [0.717, 1.165) is 19.5 Å². The second-order valence-electron chi connectivity index (χ2n) is 5.07. The van der Waals surface area contributed by atoms with Crippen LogP contribution in [0.3, 0.4) is 0 Å². The van der Waals surface area contributed by atoms with E-state index >= 15 is 0 Å². The minimum Gasteiger partial charge on any atom is -0.401 e. The van der Waals surface area contributed by atoms with E-state index in [0.29, 0.717) is 29.9 Å².